The Morgan fingerprint density at radius 3 is 2.00 bits per heavy atom. The number of hydrogen-bond acceptors (Lipinski definition) is 4. The van der Waals surface area contributed by atoms with Crippen molar-refractivity contribution >= 4 is 5.82 Å². The highest BCUT2D eigenvalue weighted by atomic mass is 16.3. The Hall–Kier alpha value is -2.72. The van der Waals surface area contributed by atoms with Crippen LogP contribution in [-0.4, -0.2) is 34.8 Å². The van der Waals surface area contributed by atoms with Gasteiger partial charge in [-0.15, -0.1) is 0 Å². The second-order valence-electron chi connectivity index (χ2n) is 6.77. The highest BCUT2D eigenvalue weighted by Gasteiger charge is 2.21. The maximum Gasteiger partial charge on any atom is 0.147 e. The molecular weight excluding hydrogens is 322 g/mol. The van der Waals surface area contributed by atoms with Crippen molar-refractivity contribution in [3.63, 3.8) is 0 Å². The van der Waals surface area contributed by atoms with E-state index in [4.69, 9.17) is 9.97 Å². The van der Waals surface area contributed by atoms with E-state index in [0.717, 1.165) is 54.3 Å². The third-order valence-electron chi connectivity index (χ3n) is 5.05. The lowest BCUT2D eigenvalue weighted by Gasteiger charge is -2.32. The summed E-state index contributed by atoms with van der Waals surface area (Å²) in [6.45, 7) is 2.11. The minimum absolute atomic E-state index is 0.279. The van der Waals surface area contributed by atoms with Crippen molar-refractivity contribution in [3.8, 4) is 22.5 Å². The Morgan fingerprint density at radius 1 is 0.846 bits per heavy atom. The molecule has 0 saturated carbocycles. The molecule has 0 atom stereocenters. The molecule has 2 heterocycles. The molecule has 0 aliphatic carbocycles. The molecule has 0 unspecified atom stereocenters. The standard InChI is InChI=1S/C22H23N3O/c26-16-17-11-13-25(14-12-17)20-15-23-21(18-7-3-1-4-8-18)22(24-20)19-9-5-2-6-10-19/h1-10,15,17,26H,11-14,16H2. The molecule has 3 aromatic rings. The van der Waals surface area contributed by atoms with Gasteiger partial charge in [-0.3, -0.25) is 4.98 Å². The molecule has 26 heavy (non-hydrogen) atoms. The summed E-state index contributed by atoms with van der Waals surface area (Å²) in [5.74, 6) is 1.33. The van der Waals surface area contributed by atoms with E-state index < -0.39 is 0 Å². The Bertz CT molecular complexity index is 844. The van der Waals surface area contributed by atoms with Crippen molar-refractivity contribution in [2.24, 2.45) is 5.92 Å². The van der Waals surface area contributed by atoms with Gasteiger partial charge in [0.2, 0.25) is 0 Å². The first kappa shape index (κ1) is 16.7. The van der Waals surface area contributed by atoms with Gasteiger partial charge in [-0.05, 0) is 18.8 Å². The number of aliphatic hydroxyl groups excluding tert-OH is 1. The zero-order valence-electron chi connectivity index (χ0n) is 14.8. The van der Waals surface area contributed by atoms with Gasteiger partial charge in [-0.2, -0.15) is 0 Å². The van der Waals surface area contributed by atoms with Crippen molar-refractivity contribution in [2.45, 2.75) is 12.8 Å². The molecule has 4 heteroatoms. The highest BCUT2D eigenvalue weighted by molar-refractivity contribution is 5.78. The summed E-state index contributed by atoms with van der Waals surface area (Å²) in [5, 5.41) is 9.36. The molecule has 0 spiro atoms. The normalized spacial score (nSPS) is 15.2. The molecular formula is C22H23N3O. The molecule has 0 amide bonds. The van der Waals surface area contributed by atoms with Crippen LogP contribution in [0.4, 0.5) is 5.82 Å². The van der Waals surface area contributed by atoms with Crippen molar-refractivity contribution in [1.82, 2.24) is 9.97 Å². The van der Waals surface area contributed by atoms with Gasteiger partial charge in [-0.1, -0.05) is 60.7 Å². The molecule has 1 saturated heterocycles. The van der Waals surface area contributed by atoms with Gasteiger partial charge in [0.05, 0.1) is 17.6 Å². The quantitative estimate of drug-likeness (QED) is 0.776. The van der Waals surface area contributed by atoms with Crippen molar-refractivity contribution in [3.05, 3.63) is 66.9 Å². The van der Waals surface area contributed by atoms with Crippen LogP contribution in [0.3, 0.4) is 0 Å². The molecule has 0 radical (unpaired) electrons. The number of anilines is 1. The Balaban J connectivity index is 1.73. The van der Waals surface area contributed by atoms with E-state index in [1.165, 1.54) is 0 Å². The van der Waals surface area contributed by atoms with Crippen LogP contribution < -0.4 is 4.90 Å². The third kappa shape index (κ3) is 3.46. The molecule has 4 rings (SSSR count). The Kier molecular flexibility index (Phi) is 4.93. The summed E-state index contributed by atoms with van der Waals surface area (Å²) in [7, 11) is 0. The third-order valence-corrected chi connectivity index (χ3v) is 5.05. The van der Waals surface area contributed by atoms with E-state index in [-0.39, 0.29) is 6.61 Å². The van der Waals surface area contributed by atoms with Gasteiger partial charge in [0, 0.05) is 30.8 Å². The largest absolute Gasteiger partial charge is 0.396 e. The fourth-order valence-electron chi connectivity index (χ4n) is 3.48. The number of aromatic nitrogens is 2. The smallest absolute Gasteiger partial charge is 0.147 e. The van der Waals surface area contributed by atoms with Gasteiger partial charge in [0.25, 0.3) is 0 Å². The van der Waals surface area contributed by atoms with Gasteiger partial charge in [0.1, 0.15) is 5.82 Å². The average molecular weight is 345 g/mol. The molecule has 1 fully saturated rings. The lowest BCUT2D eigenvalue weighted by molar-refractivity contribution is 0.203. The van der Waals surface area contributed by atoms with Crippen LogP contribution in [0.5, 0.6) is 0 Å². The zero-order valence-corrected chi connectivity index (χ0v) is 14.8. The van der Waals surface area contributed by atoms with Crippen molar-refractivity contribution < 1.29 is 5.11 Å². The van der Waals surface area contributed by atoms with Gasteiger partial charge >= 0.3 is 0 Å². The van der Waals surface area contributed by atoms with E-state index in [0.29, 0.717) is 5.92 Å². The fourth-order valence-corrected chi connectivity index (χ4v) is 3.48. The summed E-state index contributed by atoms with van der Waals surface area (Å²) in [6.07, 6.45) is 3.88. The SMILES string of the molecule is OCC1CCN(c2cnc(-c3ccccc3)c(-c3ccccc3)n2)CC1. The van der Waals surface area contributed by atoms with Gasteiger partial charge in [-0.25, -0.2) is 4.98 Å². The van der Waals surface area contributed by atoms with E-state index in [9.17, 15) is 5.11 Å². The Labute approximate surface area is 154 Å². The van der Waals surface area contributed by atoms with Crippen LogP contribution in [0.1, 0.15) is 12.8 Å². The summed E-state index contributed by atoms with van der Waals surface area (Å²) < 4.78 is 0. The first-order valence-electron chi connectivity index (χ1n) is 9.19. The number of hydrogen-bond donors (Lipinski definition) is 1. The van der Waals surface area contributed by atoms with E-state index in [2.05, 4.69) is 29.2 Å². The fraction of sp³-hybridized carbons (Fsp3) is 0.273. The van der Waals surface area contributed by atoms with E-state index >= 15 is 0 Å². The molecule has 4 nitrogen and oxygen atoms in total. The molecule has 1 aromatic heterocycles. The molecule has 1 aliphatic heterocycles. The second kappa shape index (κ2) is 7.67. The first-order chi connectivity index (χ1) is 12.8. The average Bonchev–Trinajstić information content (AvgIpc) is 2.75. The highest BCUT2D eigenvalue weighted by Crippen LogP contribution is 2.31. The predicted octanol–water partition coefficient (Wildman–Crippen LogP) is 4.02. The molecule has 132 valence electrons. The predicted molar refractivity (Wildman–Crippen MR) is 105 cm³/mol. The lowest BCUT2D eigenvalue weighted by atomic mass is 9.98. The first-order valence-corrected chi connectivity index (χ1v) is 9.19. The number of nitrogens with zero attached hydrogens (tertiary/aromatic N) is 3. The van der Waals surface area contributed by atoms with Crippen LogP contribution in [0.2, 0.25) is 0 Å². The lowest BCUT2D eigenvalue weighted by Crippen LogP contribution is -2.35. The van der Waals surface area contributed by atoms with Crippen LogP contribution in [0.25, 0.3) is 22.5 Å². The molecule has 2 aromatic carbocycles. The molecule has 1 N–H and O–H groups in total. The summed E-state index contributed by atoms with van der Waals surface area (Å²) >= 11 is 0. The summed E-state index contributed by atoms with van der Waals surface area (Å²) in [5.41, 5.74) is 3.97. The van der Waals surface area contributed by atoms with E-state index in [1.54, 1.807) is 0 Å². The summed E-state index contributed by atoms with van der Waals surface area (Å²) in [4.78, 5) is 12.1. The van der Waals surface area contributed by atoms with Gasteiger partial charge < -0.3 is 10.0 Å². The topological polar surface area (TPSA) is 49.2 Å². The number of benzene rings is 2. The van der Waals surface area contributed by atoms with Crippen LogP contribution in [0.15, 0.2) is 66.9 Å². The second-order valence-corrected chi connectivity index (χ2v) is 6.77. The molecule has 0 bridgehead atoms. The monoisotopic (exact) mass is 345 g/mol. The van der Waals surface area contributed by atoms with Crippen molar-refractivity contribution in [1.29, 1.82) is 0 Å². The minimum Gasteiger partial charge on any atom is -0.396 e. The minimum atomic E-state index is 0.279. The zero-order chi connectivity index (χ0) is 17.8. The maximum absolute atomic E-state index is 9.36. The van der Waals surface area contributed by atoms with Crippen molar-refractivity contribution in [2.75, 3.05) is 24.6 Å². The number of aliphatic hydroxyl groups is 1. The van der Waals surface area contributed by atoms with Crippen LogP contribution in [-0.2, 0) is 0 Å². The maximum atomic E-state index is 9.36. The number of piperidine rings is 1. The molecule has 1 aliphatic rings. The van der Waals surface area contributed by atoms with Gasteiger partial charge in [0.15, 0.2) is 0 Å². The Morgan fingerprint density at radius 2 is 1.42 bits per heavy atom. The van der Waals surface area contributed by atoms with Crippen LogP contribution >= 0.6 is 0 Å². The van der Waals surface area contributed by atoms with E-state index in [1.807, 2.05) is 42.6 Å². The number of rotatable bonds is 4. The van der Waals surface area contributed by atoms with Crippen LogP contribution in [0, 0.1) is 5.92 Å². The summed E-state index contributed by atoms with van der Waals surface area (Å²) in [6, 6.07) is 20.5.